The zero-order valence-electron chi connectivity index (χ0n) is 15.7. The first kappa shape index (κ1) is 18.7. The van der Waals surface area contributed by atoms with Crippen molar-refractivity contribution in [3.8, 4) is 11.5 Å². The predicted molar refractivity (Wildman–Crippen MR) is 107 cm³/mol. The topological polar surface area (TPSA) is 42.8 Å². The summed E-state index contributed by atoms with van der Waals surface area (Å²) in [7, 11) is 4.26. The van der Waals surface area contributed by atoms with Gasteiger partial charge in [-0.2, -0.15) is 0 Å². The van der Waals surface area contributed by atoms with E-state index in [1.807, 2.05) is 42.5 Å². The summed E-state index contributed by atoms with van der Waals surface area (Å²) in [5.41, 5.74) is 2.95. The molecule has 138 valence electrons. The highest BCUT2D eigenvalue weighted by molar-refractivity contribution is 5.94. The van der Waals surface area contributed by atoms with Gasteiger partial charge in [-0.3, -0.25) is 4.79 Å². The van der Waals surface area contributed by atoms with Crippen molar-refractivity contribution in [2.75, 3.05) is 14.1 Å². The Bertz CT molecular complexity index is 874. The summed E-state index contributed by atoms with van der Waals surface area (Å²) < 4.78 is 5.79. The first-order valence-electron chi connectivity index (χ1n) is 9.08. The Morgan fingerprint density at radius 1 is 0.852 bits per heavy atom. The summed E-state index contributed by atoms with van der Waals surface area (Å²) >= 11 is 0. The van der Waals surface area contributed by atoms with E-state index in [9.17, 15) is 4.79 Å². The van der Waals surface area contributed by atoms with Gasteiger partial charge in [0.2, 0.25) is 0 Å². The molecule has 0 radical (unpaired) electrons. The first-order valence-corrected chi connectivity index (χ1v) is 9.08. The van der Waals surface area contributed by atoms with Gasteiger partial charge in [-0.25, -0.2) is 0 Å². The summed E-state index contributed by atoms with van der Waals surface area (Å²) in [6, 6.07) is 25.1. The van der Waals surface area contributed by atoms with Crippen molar-refractivity contribution in [3.05, 3.63) is 95.6 Å². The monoisotopic (exact) mass is 361 g/mol. The van der Waals surface area contributed by atoms with Gasteiger partial charge >= 0.3 is 0 Å². The highest BCUT2D eigenvalue weighted by atomic mass is 16.5. The quantitative estimate of drug-likeness (QED) is 0.679. The number of ether oxygens (including phenoxy) is 1. The van der Waals surface area contributed by atoms with E-state index in [1.165, 1.54) is 10.5 Å². The zero-order valence-corrected chi connectivity index (χ0v) is 15.7. The number of nitrogens with one attached hydrogen (secondary N) is 2. The van der Waals surface area contributed by atoms with Crippen molar-refractivity contribution in [1.82, 2.24) is 5.32 Å². The highest BCUT2D eigenvalue weighted by Crippen LogP contribution is 2.21. The lowest BCUT2D eigenvalue weighted by Crippen LogP contribution is -3.04. The van der Waals surface area contributed by atoms with Gasteiger partial charge in [-0.15, -0.1) is 0 Å². The molecule has 4 heteroatoms. The number of hydrogen-bond donors (Lipinski definition) is 2. The fraction of sp³-hybridized carbons (Fsp3) is 0.174. The molecule has 0 fully saturated rings. The van der Waals surface area contributed by atoms with Crippen molar-refractivity contribution in [3.63, 3.8) is 0 Å². The van der Waals surface area contributed by atoms with E-state index < -0.39 is 0 Å². The zero-order chi connectivity index (χ0) is 19.1. The van der Waals surface area contributed by atoms with Crippen molar-refractivity contribution >= 4 is 5.91 Å². The van der Waals surface area contributed by atoms with Gasteiger partial charge < -0.3 is 15.0 Å². The van der Waals surface area contributed by atoms with Gasteiger partial charge in [0.05, 0.1) is 14.1 Å². The average molecular weight is 361 g/mol. The lowest BCUT2D eigenvalue weighted by atomic mass is 10.1. The van der Waals surface area contributed by atoms with E-state index >= 15 is 0 Å². The van der Waals surface area contributed by atoms with Crippen molar-refractivity contribution in [1.29, 1.82) is 0 Å². The van der Waals surface area contributed by atoms with Gasteiger partial charge in [0.25, 0.3) is 5.91 Å². The van der Waals surface area contributed by atoms with Crippen LogP contribution >= 0.6 is 0 Å². The van der Waals surface area contributed by atoms with Crippen molar-refractivity contribution in [2.24, 2.45) is 0 Å². The van der Waals surface area contributed by atoms with E-state index in [0.717, 1.165) is 17.9 Å². The molecular formula is C23H25N2O2+. The summed E-state index contributed by atoms with van der Waals surface area (Å²) in [4.78, 5) is 13.8. The van der Waals surface area contributed by atoms with E-state index in [2.05, 4.69) is 43.7 Å². The van der Waals surface area contributed by atoms with Crippen LogP contribution in [0.2, 0.25) is 0 Å². The summed E-state index contributed by atoms with van der Waals surface area (Å²) in [5.74, 6) is 1.27. The van der Waals surface area contributed by atoms with Crippen LogP contribution in [-0.2, 0) is 13.1 Å². The molecule has 0 unspecified atom stereocenters. The van der Waals surface area contributed by atoms with Crippen LogP contribution in [0, 0.1) is 0 Å². The van der Waals surface area contributed by atoms with Gasteiger partial charge in [0.15, 0.2) is 0 Å². The number of para-hydroxylation sites is 1. The molecule has 3 rings (SSSR count). The Hall–Kier alpha value is -3.11. The van der Waals surface area contributed by atoms with E-state index in [0.29, 0.717) is 17.9 Å². The van der Waals surface area contributed by atoms with Crippen LogP contribution in [-0.4, -0.2) is 20.0 Å². The minimum absolute atomic E-state index is 0.115. The number of rotatable bonds is 7. The fourth-order valence-electron chi connectivity index (χ4n) is 2.79. The predicted octanol–water partition coefficient (Wildman–Crippen LogP) is 3.05. The Balaban J connectivity index is 1.58. The van der Waals surface area contributed by atoms with Crippen LogP contribution in [0.15, 0.2) is 78.9 Å². The Morgan fingerprint density at radius 2 is 1.52 bits per heavy atom. The molecule has 0 spiro atoms. The molecule has 3 aromatic carbocycles. The molecule has 3 aromatic rings. The third-order valence-corrected chi connectivity index (χ3v) is 4.11. The Morgan fingerprint density at radius 3 is 2.22 bits per heavy atom. The number of benzene rings is 3. The molecule has 2 N–H and O–H groups in total. The Kier molecular flexibility index (Phi) is 6.23. The Labute approximate surface area is 160 Å². The normalized spacial score (nSPS) is 10.6. The number of amides is 1. The maximum Gasteiger partial charge on any atom is 0.251 e. The van der Waals surface area contributed by atoms with Gasteiger partial charge in [-0.05, 0) is 35.9 Å². The third-order valence-electron chi connectivity index (χ3n) is 4.11. The molecule has 4 nitrogen and oxygen atoms in total. The molecule has 0 aliphatic carbocycles. The highest BCUT2D eigenvalue weighted by Gasteiger charge is 2.07. The molecule has 0 heterocycles. The molecule has 0 saturated carbocycles. The standard InChI is InChI=1S/C23H24N2O2/c1-25(2)17-19-13-11-18(12-14-19)16-24-23(26)20-7-6-10-22(15-20)27-21-8-4-3-5-9-21/h3-15H,16-17H2,1-2H3,(H,24,26)/p+1. The van der Waals surface area contributed by atoms with Crippen molar-refractivity contribution < 1.29 is 14.4 Å². The second-order valence-electron chi connectivity index (χ2n) is 6.83. The molecular weight excluding hydrogens is 336 g/mol. The first-order chi connectivity index (χ1) is 13.1. The number of carbonyl (C=O) groups excluding carboxylic acids is 1. The van der Waals surface area contributed by atoms with Crippen LogP contribution in [0.1, 0.15) is 21.5 Å². The molecule has 0 aromatic heterocycles. The number of hydrogen-bond acceptors (Lipinski definition) is 2. The number of quaternary nitrogens is 1. The van der Waals surface area contributed by atoms with Crippen LogP contribution in [0.3, 0.4) is 0 Å². The third kappa shape index (κ3) is 5.69. The summed E-state index contributed by atoms with van der Waals surface area (Å²) in [6.45, 7) is 1.48. The van der Waals surface area contributed by atoms with Crippen LogP contribution in [0.5, 0.6) is 11.5 Å². The molecule has 0 saturated heterocycles. The summed E-state index contributed by atoms with van der Waals surface area (Å²) in [6.07, 6.45) is 0. The molecule has 0 aliphatic heterocycles. The molecule has 0 bridgehead atoms. The van der Waals surface area contributed by atoms with Gasteiger partial charge in [0, 0.05) is 17.7 Å². The lowest BCUT2D eigenvalue weighted by Gasteiger charge is -2.10. The lowest BCUT2D eigenvalue weighted by molar-refractivity contribution is -0.872. The number of carbonyl (C=O) groups is 1. The van der Waals surface area contributed by atoms with E-state index in [1.54, 1.807) is 12.1 Å². The van der Waals surface area contributed by atoms with Gasteiger partial charge in [-0.1, -0.05) is 48.5 Å². The van der Waals surface area contributed by atoms with Crippen LogP contribution in [0.25, 0.3) is 0 Å². The molecule has 0 aliphatic rings. The SMILES string of the molecule is C[NH+](C)Cc1ccc(CNC(=O)c2cccc(Oc3ccccc3)c2)cc1. The molecule has 0 atom stereocenters. The molecule has 27 heavy (non-hydrogen) atoms. The second-order valence-corrected chi connectivity index (χ2v) is 6.83. The minimum Gasteiger partial charge on any atom is -0.457 e. The van der Waals surface area contributed by atoms with Gasteiger partial charge in [0.1, 0.15) is 18.0 Å². The smallest absolute Gasteiger partial charge is 0.251 e. The maximum absolute atomic E-state index is 12.5. The maximum atomic E-state index is 12.5. The van der Waals surface area contributed by atoms with Crippen molar-refractivity contribution in [2.45, 2.75) is 13.1 Å². The van der Waals surface area contributed by atoms with E-state index in [4.69, 9.17) is 4.74 Å². The van der Waals surface area contributed by atoms with Crippen LogP contribution < -0.4 is 15.0 Å². The second kappa shape index (κ2) is 9.01. The average Bonchev–Trinajstić information content (AvgIpc) is 2.68. The largest absolute Gasteiger partial charge is 0.457 e. The summed E-state index contributed by atoms with van der Waals surface area (Å²) in [5, 5.41) is 2.97. The fourth-order valence-corrected chi connectivity index (χ4v) is 2.79. The minimum atomic E-state index is -0.115. The molecule has 1 amide bonds. The van der Waals surface area contributed by atoms with E-state index in [-0.39, 0.29) is 5.91 Å². The van der Waals surface area contributed by atoms with Crippen LogP contribution in [0.4, 0.5) is 0 Å².